The molecule has 0 fully saturated rings. The number of nitrogens with two attached hydrogens (primary N) is 1. The summed E-state index contributed by atoms with van der Waals surface area (Å²) >= 11 is 0. The van der Waals surface area contributed by atoms with Crippen molar-refractivity contribution in [1.29, 1.82) is 0 Å². The summed E-state index contributed by atoms with van der Waals surface area (Å²) in [5, 5.41) is 0. The number of fused-ring (bicyclic) bond motifs is 1. The summed E-state index contributed by atoms with van der Waals surface area (Å²) in [4.78, 5) is 13.8. The molecule has 0 aromatic heterocycles. The van der Waals surface area contributed by atoms with E-state index in [-0.39, 0.29) is 6.09 Å². The van der Waals surface area contributed by atoms with Crippen LogP contribution in [0.15, 0.2) is 12.1 Å². The van der Waals surface area contributed by atoms with Crippen molar-refractivity contribution in [3.05, 3.63) is 23.3 Å². The maximum atomic E-state index is 12.1. The van der Waals surface area contributed by atoms with Crippen molar-refractivity contribution in [3.8, 4) is 5.75 Å². The Kier molecular flexibility index (Phi) is 4.30. The lowest BCUT2D eigenvalue weighted by Gasteiger charge is -2.31. The average molecular weight is 292 g/mol. The van der Waals surface area contributed by atoms with Crippen LogP contribution in [0.3, 0.4) is 0 Å². The number of hydrogen-bond acceptors (Lipinski definition) is 4. The summed E-state index contributed by atoms with van der Waals surface area (Å²) < 4.78 is 10.9. The Bertz CT molecular complexity index is 535. The summed E-state index contributed by atoms with van der Waals surface area (Å²) in [7, 11) is 0. The molecule has 0 atom stereocenters. The quantitative estimate of drug-likeness (QED) is 0.851. The number of rotatable bonds is 2. The lowest BCUT2D eigenvalue weighted by Crippen LogP contribution is -2.39. The van der Waals surface area contributed by atoms with Gasteiger partial charge in [-0.05, 0) is 57.4 Å². The Balaban J connectivity index is 2.14. The molecule has 0 bridgehead atoms. The predicted octanol–water partition coefficient (Wildman–Crippen LogP) is 2.96. The van der Waals surface area contributed by atoms with E-state index in [0.29, 0.717) is 25.4 Å². The molecule has 0 radical (unpaired) electrons. The largest absolute Gasteiger partial charge is 0.492 e. The first-order chi connectivity index (χ1) is 9.80. The second kappa shape index (κ2) is 5.84. The van der Waals surface area contributed by atoms with E-state index in [4.69, 9.17) is 15.2 Å². The molecule has 21 heavy (non-hydrogen) atoms. The van der Waals surface area contributed by atoms with Gasteiger partial charge in [0.25, 0.3) is 0 Å². The van der Waals surface area contributed by atoms with E-state index in [1.807, 2.05) is 39.8 Å². The van der Waals surface area contributed by atoms with Crippen molar-refractivity contribution < 1.29 is 14.3 Å². The third-order valence-corrected chi connectivity index (χ3v) is 3.30. The van der Waals surface area contributed by atoms with Gasteiger partial charge in [0.15, 0.2) is 0 Å². The van der Waals surface area contributed by atoms with Gasteiger partial charge in [0.2, 0.25) is 0 Å². The van der Waals surface area contributed by atoms with Crippen molar-refractivity contribution in [1.82, 2.24) is 4.90 Å². The van der Waals surface area contributed by atoms with Crippen molar-refractivity contribution in [2.24, 2.45) is 0 Å². The zero-order valence-corrected chi connectivity index (χ0v) is 13.2. The molecule has 5 heteroatoms. The van der Waals surface area contributed by atoms with Gasteiger partial charge in [0.05, 0.1) is 12.3 Å². The Hall–Kier alpha value is -1.91. The van der Waals surface area contributed by atoms with Crippen molar-refractivity contribution in [2.45, 2.75) is 46.3 Å². The summed E-state index contributed by atoms with van der Waals surface area (Å²) in [6, 6.07) is 3.89. The van der Waals surface area contributed by atoms with Gasteiger partial charge in [-0.15, -0.1) is 0 Å². The van der Waals surface area contributed by atoms with E-state index in [0.717, 1.165) is 17.7 Å². The monoisotopic (exact) mass is 292 g/mol. The highest BCUT2D eigenvalue weighted by molar-refractivity contribution is 5.69. The van der Waals surface area contributed by atoms with Gasteiger partial charge in [-0.3, -0.25) is 0 Å². The smallest absolute Gasteiger partial charge is 0.410 e. The molecule has 2 rings (SSSR count). The van der Waals surface area contributed by atoms with Crippen molar-refractivity contribution >= 4 is 11.8 Å². The molecule has 0 spiro atoms. The normalized spacial score (nSPS) is 14.6. The Morgan fingerprint density at radius 1 is 1.33 bits per heavy atom. The molecule has 1 amide bonds. The van der Waals surface area contributed by atoms with Gasteiger partial charge in [-0.2, -0.15) is 0 Å². The van der Waals surface area contributed by atoms with E-state index < -0.39 is 5.60 Å². The molecule has 116 valence electrons. The Morgan fingerprint density at radius 2 is 2.05 bits per heavy atom. The van der Waals surface area contributed by atoms with Crippen LogP contribution >= 0.6 is 0 Å². The fourth-order valence-corrected chi connectivity index (χ4v) is 2.37. The topological polar surface area (TPSA) is 64.8 Å². The second-order valence-corrected chi connectivity index (χ2v) is 6.24. The summed E-state index contributed by atoms with van der Waals surface area (Å²) in [6.45, 7) is 9.31. The molecule has 1 aliphatic rings. The van der Waals surface area contributed by atoms with Gasteiger partial charge in [0, 0.05) is 13.1 Å². The number of carbonyl (C=O) groups is 1. The third kappa shape index (κ3) is 3.80. The number of carbonyl (C=O) groups excluding carboxylic acids is 1. The molecule has 0 saturated heterocycles. The van der Waals surface area contributed by atoms with E-state index in [2.05, 4.69) is 0 Å². The number of nitrogens with zero attached hydrogens (tertiary/aromatic N) is 1. The zero-order valence-electron chi connectivity index (χ0n) is 13.2. The minimum absolute atomic E-state index is 0.277. The van der Waals surface area contributed by atoms with E-state index in [9.17, 15) is 4.79 Å². The third-order valence-electron chi connectivity index (χ3n) is 3.30. The zero-order chi connectivity index (χ0) is 15.6. The highest BCUT2D eigenvalue weighted by atomic mass is 16.6. The Morgan fingerprint density at radius 3 is 2.67 bits per heavy atom. The van der Waals surface area contributed by atoms with Crippen LogP contribution in [0.1, 0.15) is 38.8 Å². The number of ether oxygens (including phenoxy) is 2. The molecule has 1 heterocycles. The van der Waals surface area contributed by atoms with Crippen LogP contribution in [0.5, 0.6) is 5.75 Å². The van der Waals surface area contributed by atoms with Crippen LogP contribution in [-0.4, -0.2) is 29.7 Å². The van der Waals surface area contributed by atoms with Crippen LogP contribution in [-0.2, 0) is 17.7 Å². The molecule has 2 N–H and O–H groups in total. The van der Waals surface area contributed by atoms with E-state index in [1.54, 1.807) is 4.90 Å². The van der Waals surface area contributed by atoms with Gasteiger partial charge in [-0.25, -0.2) is 4.79 Å². The van der Waals surface area contributed by atoms with Gasteiger partial charge in [-0.1, -0.05) is 0 Å². The SMILES string of the molecule is CCOc1cc2c(cc1N)CN(C(=O)OC(C)(C)C)CC2. The summed E-state index contributed by atoms with van der Waals surface area (Å²) in [5.41, 5.74) is 8.38. The first kappa shape index (κ1) is 15.5. The molecule has 1 aliphatic heterocycles. The van der Waals surface area contributed by atoms with Crippen LogP contribution in [0.25, 0.3) is 0 Å². The maximum Gasteiger partial charge on any atom is 0.410 e. The fraction of sp³-hybridized carbons (Fsp3) is 0.562. The highest BCUT2D eigenvalue weighted by Gasteiger charge is 2.26. The van der Waals surface area contributed by atoms with Crippen LogP contribution < -0.4 is 10.5 Å². The molecule has 0 saturated carbocycles. The first-order valence-corrected chi connectivity index (χ1v) is 7.32. The number of benzene rings is 1. The Labute approximate surface area is 126 Å². The molecule has 0 aliphatic carbocycles. The fourth-order valence-electron chi connectivity index (χ4n) is 2.37. The summed E-state index contributed by atoms with van der Waals surface area (Å²) in [6.07, 6.45) is 0.509. The number of hydrogen-bond donors (Lipinski definition) is 1. The minimum Gasteiger partial charge on any atom is -0.492 e. The number of anilines is 1. The van der Waals surface area contributed by atoms with Crippen molar-refractivity contribution in [2.75, 3.05) is 18.9 Å². The average Bonchev–Trinajstić information content (AvgIpc) is 2.37. The standard InChI is InChI=1S/C16H24N2O3/c1-5-20-14-9-11-6-7-18(10-12(11)8-13(14)17)15(19)21-16(2,3)4/h8-9H,5-7,10,17H2,1-4H3. The van der Waals surface area contributed by atoms with Gasteiger partial charge < -0.3 is 20.1 Å². The van der Waals surface area contributed by atoms with E-state index >= 15 is 0 Å². The maximum absolute atomic E-state index is 12.1. The van der Waals surface area contributed by atoms with Gasteiger partial charge in [0.1, 0.15) is 11.4 Å². The van der Waals surface area contributed by atoms with Crippen LogP contribution in [0.4, 0.5) is 10.5 Å². The second-order valence-electron chi connectivity index (χ2n) is 6.24. The number of nitrogen functional groups attached to an aromatic ring is 1. The van der Waals surface area contributed by atoms with Gasteiger partial charge >= 0.3 is 6.09 Å². The number of amides is 1. The molecular weight excluding hydrogens is 268 g/mol. The van der Waals surface area contributed by atoms with Crippen LogP contribution in [0, 0.1) is 0 Å². The van der Waals surface area contributed by atoms with Crippen LogP contribution in [0.2, 0.25) is 0 Å². The molecule has 0 unspecified atom stereocenters. The van der Waals surface area contributed by atoms with E-state index in [1.165, 1.54) is 5.56 Å². The lowest BCUT2D eigenvalue weighted by molar-refractivity contribution is 0.0224. The highest BCUT2D eigenvalue weighted by Crippen LogP contribution is 2.30. The molecule has 5 nitrogen and oxygen atoms in total. The first-order valence-electron chi connectivity index (χ1n) is 7.32. The lowest BCUT2D eigenvalue weighted by atomic mass is 9.99. The summed E-state index contributed by atoms with van der Waals surface area (Å²) in [5.74, 6) is 0.724. The molecular formula is C16H24N2O3. The predicted molar refractivity (Wildman–Crippen MR) is 82.4 cm³/mol. The minimum atomic E-state index is -0.477. The molecule has 1 aromatic carbocycles. The van der Waals surface area contributed by atoms with Crippen molar-refractivity contribution in [3.63, 3.8) is 0 Å². The molecule has 1 aromatic rings.